The summed E-state index contributed by atoms with van der Waals surface area (Å²) in [6.07, 6.45) is 0.765. The van der Waals surface area contributed by atoms with Crippen molar-refractivity contribution in [3.8, 4) is 11.3 Å². The molecule has 0 unspecified atom stereocenters. The number of halogens is 1. The minimum absolute atomic E-state index is 0.285. The van der Waals surface area contributed by atoms with Gasteiger partial charge in [0, 0.05) is 11.1 Å². The zero-order valence-corrected chi connectivity index (χ0v) is 10.8. The molecule has 0 radical (unpaired) electrons. The summed E-state index contributed by atoms with van der Waals surface area (Å²) in [6.45, 7) is 6.10. The van der Waals surface area contributed by atoms with Crippen LogP contribution in [0.25, 0.3) is 11.3 Å². The third kappa shape index (κ3) is 2.37. The van der Waals surface area contributed by atoms with E-state index in [4.69, 9.17) is 10.3 Å². The predicted molar refractivity (Wildman–Crippen MR) is 69.6 cm³/mol. The summed E-state index contributed by atoms with van der Waals surface area (Å²) in [6, 6.07) is 4.63. The normalized spacial score (nSPS) is 11.2. The molecule has 0 aliphatic carbocycles. The Morgan fingerprint density at radius 1 is 1.39 bits per heavy atom. The van der Waals surface area contributed by atoms with Crippen molar-refractivity contribution >= 4 is 5.88 Å². The van der Waals surface area contributed by atoms with Gasteiger partial charge in [-0.15, -0.1) is 0 Å². The highest BCUT2D eigenvalue weighted by Gasteiger charge is 2.18. The molecule has 2 N–H and O–H groups in total. The molecular formula is C14H17FN2O. The van der Waals surface area contributed by atoms with Crippen LogP contribution in [-0.4, -0.2) is 5.16 Å². The van der Waals surface area contributed by atoms with E-state index >= 15 is 0 Å². The molecule has 3 nitrogen and oxygen atoms in total. The number of aromatic nitrogens is 1. The van der Waals surface area contributed by atoms with E-state index in [1.807, 2.05) is 6.92 Å². The first-order chi connectivity index (χ1) is 8.49. The summed E-state index contributed by atoms with van der Waals surface area (Å²) in [5.74, 6) is 0.467. The summed E-state index contributed by atoms with van der Waals surface area (Å²) in [5.41, 5.74) is 9.00. The second-order valence-electron chi connectivity index (χ2n) is 4.93. The number of nitrogen functional groups attached to an aromatic ring is 1. The summed E-state index contributed by atoms with van der Waals surface area (Å²) >= 11 is 0. The van der Waals surface area contributed by atoms with Gasteiger partial charge in [0.25, 0.3) is 0 Å². The SMILES string of the molecule is Cc1ccc(F)cc1-c1noc(N)c1CC(C)C. The van der Waals surface area contributed by atoms with Crippen molar-refractivity contribution < 1.29 is 8.91 Å². The molecule has 2 rings (SSSR count). The van der Waals surface area contributed by atoms with Crippen LogP contribution in [0.4, 0.5) is 10.3 Å². The Balaban J connectivity index is 2.53. The number of aryl methyl sites for hydroxylation is 1. The van der Waals surface area contributed by atoms with Gasteiger partial charge in [-0.3, -0.25) is 0 Å². The molecule has 0 aliphatic heterocycles. The van der Waals surface area contributed by atoms with E-state index in [2.05, 4.69) is 19.0 Å². The van der Waals surface area contributed by atoms with Crippen LogP contribution in [0, 0.1) is 18.7 Å². The number of anilines is 1. The molecule has 0 spiro atoms. The van der Waals surface area contributed by atoms with Crippen molar-refractivity contribution in [2.24, 2.45) is 5.92 Å². The van der Waals surface area contributed by atoms with E-state index in [9.17, 15) is 4.39 Å². The second kappa shape index (κ2) is 4.80. The van der Waals surface area contributed by atoms with Gasteiger partial charge >= 0.3 is 0 Å². The number of nitrogens with zero attached hydrogens (tertiary/aromatic N) is 1. The summed E-state index contributed by atoms with van der Waals surface area (Å²) in [4.78, 5) is 0. The number of rotatable bonds is 3. The minimum Gasteiger partial charge on any atom is -0.367 e. The van der Waals surface area contributed by atoms with E-state index in [1.54, 1.807) is 6.07 Å². The van der Waals surface area contributed by atoms with Crippen LogP contribution in [0.5, 0.6) is 0 Å². The first-order valence-electron chi connectivity index (χ1n) is 5.99. The maximum Gasteiger partial charge on any atom is 0.225 e. The van der Waals surface area contributed by atoms with Gasteiger partial charge in [0.05, 0.1) is 0 Å². The third-order valence-corrected chi connectivity index (χ3v) is 2.89. The van der Waals surface area contributed by atoms with E-state index in [0.29, 0.717) is 17.5 Å². The zero-order valence-electron chi connectivity index (χ0n) is 10.8. The van der Waals surface area contributed by atoms with Crippen LogP contribution in [-0.2, 0) is 6.42 Å². The summed E-state index contributed by atoms with van der Waals surface area (Å²) < 4.78 is 18.4. The van der Waals surface area contributed by atoms with E-state index in [0.717, 1.165) is 23.1 Å². The topological polar surface area (TPSA) is 52.0 Å². The highest BCUT2D eigenvalue weighted by molar-refractivity contribution is 5.70. The van der Waals surface area contributed by atoms with Crippen LogP contribution < -0.4 is 5.73 Å². The van der Waals surface area contributed by atoms with Crippen molar-refractivity contribution in [1.82, 2.24) is 5.16 Å². The predicted octanol–water partition coefficient (Wildman–Crippen LogP) is 3.57. The lowest BCUT2D eigenvalue weighted by atomic mass is 9.97. The quantitative estimate of drug-likeness (QED) is 0.903. The molecule has 0 amide bonds. The van der Waals surface area contributed by atoms with Gasteiger partial charge < -0.3 is 10.3 Å². The van der Waals surface area contributed by atoms with Crippen molar-refractivity contribution in [1.29, 1.82) is 0 Å². The molecule has 2 aromatic rings. The molecule has 0 fully saturated rings. The van der Waals surface area contributed by atoms with Gasteiger partial charge in [-0.25, -0.2) is 4.39 Å². The minimum atomic E-state index is -0.285. The summed E-state index contributed by atoms with van der Waals surface area (Å²) in [5, 5.41) is 3.97. The Bertz CT molecular complexity index is 561. The fourth-order valence-electron chi connectivity index (χ4n) is 1.99. The number of benzene rings is 1. The molecule has 0 atom stereocenters. The first kappa shape index (κ1) is 12.6. The third-order valence-electron chi connectivity index (χ3n) is 2.89. The van der Waals surface area contributed by atoms with Crippen molar-refractivity contribution in [3.05, 3.63) is 35.1 Å². The number of hydrogen-bond donors (Lipinski definition) is 1. The zero-order chi connectivity index (χ0) is 13.3. The van der Waals surface area contributed by atoms with Gasteiger partial charge in [0.1, 0.15) is 11.5 Å². The van der Waals surface area contributed by atoms with E-state index < -0.39 is 0 Å². The lowest BCUT2D eigenvalue weighted by Gasteiger charge is -2.07. The maximum atomic E-state index is 13.3. The Morgan fingerprint density at radius 3 is 2.78 bits per heavy atom. The molecule has 4 heteroatoms. The van der Waals surface area contributed by atoms with E-state index in [1.165, 1.54) is 12.1 Å². The smallest absolute Gasteiger partial charge is 0.225 e. The van der Waals surface area contributed by atoms with Crippen LogP contribution in [0.2, 0.25) is 0 Å². The Morgan fingerprint density at radius 2 is 2.11 bits per heavy atom. The Kier molecular flexibility index (Phi) is 3.36. The molecule has 1 heterocycles. The number of nitrogens with two attached hydrogens (primary N) is 1. The Labute approximate surface area is 106 Å². The monoisotopic (exact) mass is 248 g/mol. The fourth-order valence-corrected chi connectivity index (χ4v) is 1.99. The standard InChI is InChI=1S/C14H17FN2O/c1-8(2)6-12-13(17-18-14(12)16)11-7-10(15)5-4-9(11)3/h4-5,7-8H,6,16H2,1-3H3. The van der Waals surface area contributed by atoms with Crippen molar-refractivity contribution in [3.63, 3.8) is 0 Å². The highest BCUT2D eigenvalue weighted by atomic mass is 19.1. The average molecular weight is 248 g/mol. The molecule has 96 valence electrons. The van der Waals surface area contributed by atoms with Crippen LogP contribution in [0.3, 0.4) is 0 Å². The average Bonchev–Trinajstić information content (AvgIpc) is 2.64. The van der Waals surface area contributed by atoms with Gasteiger partial charge in [-0.2, -0.15) is 0 Å². The van der Waals surface area contributed by atoms with Crippen molar-refractivity contribution in [2.45, 2.75) is 27.2 Å². The molecule has 0 saturated carbocycles. The Hall–Kier alpha value is -1.84. The van der Waals surface area contributed by atoms with Gasteiger partial charge in [0.15, 0.2) is 0 Å². The largest absolute Gasteiger partial charge is 0.367 e. The van der Waals surface area contributed by atoms with Crippen LogP contribution in [0.1, 0.15) is 25.0 Å². The van der Waals surface area contributed by atoms with E-state index in [-0.39, 0.29) is 5.82 Å². The summed E-state index contributed by atoms with van der Waals surface area (Å²) in [7, 11) is 0. The van der Waals surface area contributed by atoms with Gasteiger partial charge in [-0.1, -0.05) is 25.1 Å². The number of hydrogen-bond acceptors (Lipinski definition) is 3. The molecule has 1 aromatic heterocycles. The van der Waals surface area contributed by atoms with Gasteiger partial charge in [0.2, 0.25) is 5.88 Å². The molecule has 0 aliphatic rings. The highest BCUT2D eigenvalue weighted by Crippen LogP contribution is 2.31. The molecule has 0 bridgehead atoms. The fraction of sp³-hybridized carbons (Fsp3) is 0.357. The maximum absolute atomic E-state index is 13.3. The molecular weight excluding hydrogens is 231 g/mol. The lowest BCUT2D eigenvalue weighted by molar-refractivity contribution is 0.438. The van der Waals surface area contributed by atoms with Crippen LogP contribution in [0.15, 0.2) is 22.7 Å². The van der Waals surface area contributed by atoms with Crippen molar-refractivity contribution in [2.75, 3.05) is 5.73 Å². The molecule has 18 heavy (non-hydrogen) atoms. The first-order valence-corrected chi connectivity index (χ1v) is 5.99. The lowest BCUT2D eigenvalue weighted by Crippen LogP contribution is -1.99. The second-order valence-corrected chi connectivity index (χ2v) is 4.93. The molecule has 1 aromatic carbocycles. The molecule has 0 saturated heterocycles. The van der Waals surface area contributed by atoms with Gasteiger partial charge in [-0.05, 0) is 37.0 Å². The van der Waals surface area contributed by atoms with Crippen LogP contribution >= 0.6 is 0 Å².